The van der Waals surface area contributed by atoms with Gasteiger partial charge in [-0.2, -0.15) is 0 Å². The second-order valence-electron chi connectivity index (χ2n) is 6.86. The largest absolute Gasteiger partial charge is 0.394 e. The van der Waals surface area contributed by atoms with Crippen LogP contribution in [0.4, 0.5) is 10.5 Å². The Morgan fingerprint density at radius 2 is 1.85 bits per heavy atom. The SMILES string of the molecule is CN(C)CCN(C)[C@H]1[C@H](O)[C@H](CO)O[C@@H]1CNC(=O)Nc1ccccc1. The van der Waals surface area contributed by atoms with Gasteiger partial charge >= 0.3 is 6.03 Å². The second-order valence-corrected chi connectivity index (χ2v) is 6.86. The number of nitrogens with zero attached hydrogens (tertiary/aromatic N) is 2. The van der Waals surface area contributed by atoms with Crippen LogP contribution in [0.15, 0.2) is 30.3 Å². The van der Waals surface area contributed by atoms with Gasteiger partial charge in [0.2, 0.25) is 0 Å². The van der Waals surface area contributed by atoms with Crippen LogP contribution in [0.1, 0.15) is 0 Å². The Labute approximate surface area is 154 Å². The fraction of sp³-hybridized carbons (Fsp3) is 0.611. The van der Waals surface area contributed by atoms with Crippen molar-refractivity contribution in [2.24, 2.45) is 0 Å². The normalized spacial score (nSPS) is 25.7. The van der Waals surface area contributed by atoms with E-state index in [0.29, 0.717) is 5.69 Å². The van der Waals surface area contributed by atoms with Crippen LogP contribution in [0.5, 0.6) is 0 Å². The maximum Gasteiger partial charge on any atom is 0.319 e. The molecule has 0 radical (unpaired) electrons. The van der Waals surface area contributed by atoms with Gasteiger partial charge in [-0.1, -0.05) is 18.2 Å². The molecule has 0 unspecified atom stereocenters. The number of carbonyl (C=O) groups excluding carboxylic acids is 1. The lowest BCUT2D eigenvalue weighted by molar-refractivity contribution is -0.0205. The fourth-order valence-corrected chi connectivity index (χ4v) is 3.09. The monoisotopic (exact) mass is 366 g/mol. The van der Waals surface area contributed by atoms with Crippen molar-refractivity contribution in [1.29, 1.82) is 0 Å². The number of rotatable bonds is 8. The van der Waals surface area contributed by atoms with Gasteiger partial charge in [-0.05, 0) is 33.3 Å². The van der Waals surface area contributed by atoms with E-state index in [1.165, 1.54) is 0 Å². The van der Waals surface area contributed by atoms with Gasteiger partial charge in [0.05, 0.1) is 18.8 Å². The molecular formula is C18H30N4O4. The summed E-state index contributed by atoms with van der Waals surface area (Å²) in [4.78, 5) is 16.2. The first-order valence-corrected chi connectivity index (χ1v) is 8.81. The molecule has 1 aromatic carbocycles. The molecule has 26 heavy (non-hydrogen) atoms. The Hall–Kier alpha value is -1.71. The lowest BCUT2D eigenvalue weighted by atomic mass is 10.0. The third kappa shape index (κ3) is 5.65. The van der Waals surface area contributed by atoms with Gasteiger partial charge in [0.15, 0.2) is 0 Å². The summed E-state index contributed by atoms with van der Waals surface area (Å²) in [5.74, 6) is 0. The third-order valence-electron chi connectivity index (χ3n) is 4.55. The average molecular weight is 366 g/mol. The van der Waals surface area contributed by atoms with E-state index in [1.54, 1.807) is 12.1 Å². The zero-order valence-electron chi connectivity index (χ0n) is 15.6. The summed E-state index contributed by atoms with van der Waals surface area (Å²) in [6.07, 6.45) is -1.86. The minimum atomic E-state index is -0.809. The van der Waals surface area contributed by atoms with E-state index in [1.807, 2.05) is 44.2 Å². The predicted octanol–water partition coefficient (Wildman–Crippen LogP) is -0.209. The van der Waals surface area contributed by atoms with Crippen molar-refractivity contribution in [3.63, 3.8) is 0 Å². The van der Waals surface area contributed by atoms with E-state index < -0.39 is 18.3 Å². The summed E-state index contributed by atoms with van der Waals surface area (Å²) >= 11 is 0. The van der Waals surface area contributed by atoms with Crippen LogP contribution in [0.25, 0.3) is 0 Å². The molecule has 8 nitrogen and oxygen atoms in total. The summed E-state index contributed by atoms with van der Waals surface area (Å²) in [5, 5.41) is 25.5. The number of aliphatic hydroxyl groups excluding tert-OH is 2. The molecule has 0 aromatic heterocycles. The second kappa shape index (κ2) is 9.84. The van der Waals surface area contributed by atoms with Crippen molar-refractivity contribution in [1.82, 2.24) is 15.1 Å². The Balaban J connectivity index is 1.92. The number of benzene rings is 1. The molecule has 1 aliphatic heterocycles. The molecule has 8 heteroatoms. The number of amides is 2. The van der Waals surface area contributed by atoms with E-state index >= 15 is 0 Å². The molecule has 1 aromatic rings. The maximum absolute atomic E-state index is 12.1. The number of likely N-dealkylation sites (N-methyl/N-ethyl adjacent to an activating group) is 2. The lowest BCUT2D eigenvalue weighted by Crippen LogP contribution is -2.51. The number of nitrogens with one attached hydrogen (secondary N) is 2. The van der Waals surface area contributed by atoms with Crippen LogP contribution >= 0.6 is 0 Å². The first kappa shape index (κ1) is 20.6. The van der Waals surface area contributed by atoms with Gasteiger partial charge in [0.1, 0.15) is 12.2 Å². The highest BCUT2D eigenvalue weighted by Crippen LogP contribution is 2.24. The topological polar surface area (TPSA) is 97.3 Å². The number of hydrogen-bond donors (Lipinski definition) is 4. The molecule has 1 saturated heterocycles. The fourth-order valence-electron chi connectivity index (χ4n) is 3.09. The molecule has 0 saturated carbocycles. The molecule has 1 aliphatic rings. The molecule has 2 rings (SSSR count). The summed E-state index contributed by atoms with van der Waals surface area (Å²) < 4.78 is 5.77. The van der Waals surface area contributed by atoms with Crippen molar-refractivity contribution in [3.8, 4) is 0 Å². The first-order chi connectivity index (χ1) is 12.4. The van der Waals surface area contributed by atoms with Crippen molar-refractivity contribution in [2.45, 2.75) is 24.4 Å². The highest BCUT2D eigenvalue weighted by Gasteiger charge is 2.45. The standard InChI is InChI=1S/C18H30N4O4/c1-21(2)9-10-22(3)16-14(26-15(12-23)17(16)24)11-19-18(25)20-13-7-5-4-6-8-13/h4-8,14-17,23-24H,9-12H2,1-3H3,(H2,19,20,25)/t14-,15+,16-,17-/m1/s1. The summed E-state index contributed by atoms with van der Waals surface area (Å²) in [6, 6.07) is 8.52. The van der Waals surface area contributed by atoms with Gasteiger partial charge in [0.25, 0.3) is 0 Å². The Morgan fingerprint density at radius 1 is 1.15 bits per heavy atom. The zero-order valence-corrected chi connectivity index (χ0v) is 15.6. The summed E-state index contributed by atoms with van der Waals surface area (Å²) in [7, 11) is 5.88. The molecule has 4 atom stereocenters. The predicted molar refractivity (Wildman–Crippen MR) is 100 cm³/mol. The van der Waals surface area contributed by atoms with Crippen molar-refractivity contribution in [3.05, 3.63) is 30.3 Å². The third-order valence-corrected chi connectivity index (χ3v) is 4.55. The van der Waals surface area contributed by atoms with E-state index in [2.05, 4.69) is 15.5 Å². The Kier molecular flexibility index (Phi) is 7.80. The first-order valence-electron chi connectivity index (χ1n) is 8.81. The Morgan fingerprint density at radius 3 is 2.46 bits per heavy atom. The van der Waals surface area contributed by atoms with E-state index in [-0.39, 0.29) is 25.2 Å². The lowest BCUT2D eigenvalue weighted by Gasteiger charge is -2.31. The van der Waals surface area contributed by atoms with Crippen molar-refractivity contribution < 1.29 is 19.7 Å². The molecular weight excluding hydrogens is 336 g/mol. The minimum absolute atomic E-state index is 0.239. The smallest absolute Gasteiger partial charge is 0.319 e. The number of carbonyl (C=O) groups is 1. The van der Waals surface area contributed by atoms with Gasteiger partial charge in [-0.15, -0.1) is 0 Å². The van der Waals surface area contributed by atoms with Crippen LogP contribution in [0.2, 0.25) is 0 Å². The van der Waals surface area contributed by atoms with Gasteiger partial charge in [0, 0.05) is 25.3 Å². The molecule has 1 fully saturated rings. The van der Waals surface area contributed by atoms with E-state index in [0.717, 1.165) is 13.1 Å². The number of urea groups is 1. The summed E-state index contributed by atoms with van der Waals surface area (Å²) in [5.41, 5.74) is 0.699. The molecule has 4 N–H and O–H groups in total. The molecule has 0 aliphatic carbocycles. The quantitative estimate of drug-likeness (QED) is 0.508. The Bertz CT molecular complexity index is 557. The molecule has 146 valence electrons. The number of anilines is 1. The van der Waals surface area contributed by atoms with Crippen LogP contribution in [-0.2, 0) is 4.74 Å². The van der Waals surface area contributed by atoms with E-state index in [9.17, 15) is 15.0 Å². The van der Waals surface area contributed by atoms with Gasteiger partial charge < -0.3 is 30.5 Å². The number of hydrogen-bond acceptors (Lipinski definition) is 6. The maximum atomic E-state index is 12.1. The van der Waals surface area contributed by atoms with Crippen LogP contribution in [0, 0.1) is 0 Å². The average Bonchev–Trinajstić information content (AvgIpc) is 2.94. The molecule has 2 amide bonds. The number of aliphatic hydroxyl groups is 2. The van der Waals surface area contributed by atoms with Crippen LogP contribution in [-0.4, -0.2) is 97.8 Å². The minimum Gasteiger partial charge on any atom is -0.394 e. The number of para-hydroxylation sites is 1. The van der Waals surface area contributed by atoms with Crippen LogP contribution < -0.4 is 10.6 Å². The van der Waals surface area contributed by atoms with Crippen LogP contribution in [0.3, 0.4) is 0 Å². The van der Waals surface area contributed by atoms with E-state index in [4.69, 9.17) is 4.74 Å². The van der Waals surface area contributed by atoms with Gasteiger partial charge in [-0.3, -0.25) is 4.90 Å². The summed E-state index contributed by atoms with van der Waals surface area (Å²) in [6.45, 7) is 1.55. The highest BCUT2D eigenvalue weighted by molar-refractivity contribution is 5.89. The zero-order chi connectivity index (χ0) is 19.1. The highest BCUT2D eigenvalue weighted by atomic mass is 16.5. The molecule has 0 spiro atoms. The molecule has 0 bridgehead atoms. The van der Waals surface area contributed by atoms with Crippen molar-refractivity contribution >= 4 is 11.7 Å². The molecule has 1 heterocycles. The van der Waals surface area contributed by atoms with Crippen molar-refractivity contribution in [2.75, 3.05) is 52.7 Å². The number of ether oxygens (including phenoxy) is 1. The van der Waals surface area contributed by atoms with Gasteiger partial charge in [-0.25, -0.2) is 4.79 Å².